The van der Waals surface area contributed by atoms with Crippen LogP contribution in [0.1, 0.15) is 15.9 Å². The van der Waals surface area contributed by atoms with E-state index in [-0.39, 0.29) is 27.3 Å². The fourth-order valence-corrected chi connectivity index (χ4v) is 1.57. The van der Waals surface area contributed by atoms with Crippen molar-refractivity contribution < 1.29 is 9.90 Å². The molecule has 0 saturated heterocycles. The number of aryl methyl sites for hydroxylation is 1. The molecular weight excluding hydrogens is 381 g/mol. The second-order valence-electron chi connectivity index (χ2n) is 3.34. The number of rotatable bonds is 1. The normalized spacial score (nSPS) is 9.67. The first-order valence-corrected chi connectivity index (χ1v) is 4.41. The minimum absolute atomic E-state index is 0. The minimum atomic E-state index is -0.874. The second kappa shape index (κ2) is 4.74. The Labute approximate surface area is 108 Å². The molecule has 0 unspecified atom stereocenters. The number of hydrogen-bond acceptors (Lipinski definition) is 1. The van der Waals surface area contributed by atoms with Gasteiger partial charge in [-0.2, -0.15) is 0 Å². The Hall–Kier alpha value is -0.908. The molecule has 2 aromatic rings. The molecule has 0 bridgehead atoms. The molecule has 1 radical (unpaired) electrons. The summed E-state index contributed by atoms with van der Waals surface area (Å²) in [7, 11) is 0. The molecule has 0 heterocycles. The van der Waals surface area contributed by atoms with Crippen molar-refractivity contribution >= 4 is 44.0 Å². The zero-order valence-corrected chi connectivity index (χ0v) is 12.9. The van der Waals surface area contributed by atoms with E-state index in [0.717, 1.165) is 16.3 Å². The van der Waals surface area contributed by atoms with E-state index < -0.39 is 5.97 Å². The van der Waals surface area contributed by atoms with Crippen LogP contribution in [0.3, 0.4) is 0 Å². The van der Waals surface area contributed by atoms with E-state index in [1.165, 1.54) is 0 Å². The molecule has 0 aromatic heterocycles. The molecule has 0 aliphatic heterocycles. The molecule has 2 rings (SSSR count). The fourth-order valence-electron chi connectivity index (χ4n) is 1.57. The van der Waals surface area contributed by atoms with Gasteiger partial charge < -0.3 is 5.11 Å². The molecule has 0 aliphatic carbocycles. The molecule has 0 amide bonds. The molecule has 0 saturated carbocycles. The average Bonchev–Trinajstić information content (AvgIpc) is 2.16. The summed E-state index contributed by atoms with van der Waals surface area (Å²) in [6.45, 7) is 1.96. The molecular formula is C12H10O2Tl. The van der Waals surface area contributed by atoms with Gasteiger partial charge in [-0.3, -0.25) is 0 Å². The molecule has 0 aliphatic rings. The van der Waals surface area contributed by atoms with Crippen LogP contribution in [-0.4, -0.2) is 38.4 Å². The smallest absolute Gasteiger partial charge is 0.336 e. The number of benzene rings is 2. The van der Waals surface area contributed by atoms with Gasteiger partial charge in [0.2, 0.25) is 0 Å². The third-order valence-corrected chi connectivity index (χ3v) is 2.27. The molecule has 2 aromatic carbocycles. The number of carboxylic acid groups (broad SMARTS) is 1. The molecule has 15 heavy (non-hydrogen) atoms. The topological polar surface area (TPSA) is 37.3 Å². The van der Waals surface area contributed by atoms with Crippen molar-refractivity contribution in [2.45, 2.75) is 6.92 Å². The summed E-state index contributed by atoms with van der Waals surface area (Å²) in [5.41, 5.74) is 1.44. The van der Waals surface area contributed by atoms with Crippen LogP contribution >= 0.6 is 0 Å². The van der Waals surface area contributed by atoms with Crippen molar-refractivity contribution in [3.05, 3.63) is 47.5 Å². The predicted molar refractivity (Wildman–Crippen MR) is 61.4 cm³/mol. The Morgan fingerprint density at radius 1 is 1.20 bits per heavy atom. The van der Waals surface area contributed by atoms with Crippen molar-refractivity contribution in [1.82, 2.24) is 0 Å². The average molecular weight is 391 g/mol. The minimum Gasteiger partial charge on any atom is -0.478 e. The monoisotopic (exact) mass is 391 g/mol. The van der Waals surface area contributed by atoms with E-state index in [9.17, 15) is 4.79 Å². The van der Waals surface area contributed by atoms with Gasteiger partial charge in [0.1, 0.15) is 0 Å². The van der Waals surface area contributed by atoms with Crippen molar-refractivity contribution in [3.8, 4) is 0 Å². The van der Waals surface area contributed by atoms with Crippen LogP contribution in [0.5, 0.6) is 0 Å². The fraction of sp³-hybridized carbons (Fsp3) is 0.0833. The maximum absolute atomic E-state index is 10.9. The van der Waals surface area contributed by atoms with Gasteiger partial charge in [-0.25, -0.2) is 4.79 Å². The van der Waals surface area contributed by atoms with Gasteiger partial charge in [-0.1, -0.05) is 35.9 Å². The van der Waals surface area contributed by atoms with Crippen LogP contribution in [0.2, 0.25) is 0 Å². The molecule has 0 atom stereocenters. The maximum atomic E-state index is 10.9. The van der Waals surface area contributed by atoms with E-state index in [1.54, 1.807) is 12.1 Å². The first kappa shape index (κ1) is 12.2. The Morgan fingerprint density at radius 3 is 2.60 bits per heavy atom. The van der Waals surface area contributed by atoms with Gasteiger partial charge >= 0.3 is 5.97 Å². The summed E-state index contributed by atoms with van der Waals surface area (Å²) in [4.78, 5) is 10.9. The summed E-state index contributed by atoms with van der Waals surface area (Å²) in [5.74, 6) is -0.874. The Morgan fingerprint density at radius 2 is 1.93 bits per heavy atom. The molecule has 73 valence electrons. The number of fused-ring (bicyclic) bond motifs is 1. The maximum Gasteiger partial charge on any atom is 0.336 e. The van der Waals surface area contributed by atoms with Crippen LogP contribution in [0.4, 0.5) is 0 Å². The number of carbonyl (C=O) groups is 1. The summed E-state index contributed by atoms with van der Waals surface area (Å²) in [5, 5.41) is 10.7. The van der Waals surface area contributed by atoms with Crippen LogP contribution in [-0.2, 0) is 0 Å². The zero-order valence-electron chi connectivity index (χ0n) is 8.40. The number of carboxylic acids is 1. The summed E-state index contributed by atoms with van der Waals surface area (Å²) < 4.78 is 0. The molecule has 0 fully saturated rings. The third-order valence-electron chi connectivity index (χ3n) is 2.27. The van der Waals surface area contributed by atoms with Gasteiger partial charge in [0, 0.05) is 27.3 Å². The van der Waals surface area contributed by atoms with Crippen molar-refractivity contribution in [3.63, 3.8) is 0 Å². The number of aromatic carboxylic acids is 1. The molecule has 2 nitrogen and oxygen atoms in total. The largest absolute Gasteiger partial charge is 0.478 e. The van der Waals surface area contributed by atoms with Crippen molar-refractivity contribution in [1.29, 1.82) is 0 Å². The predicted octanol–water partition coefficient (Wildman–Crippen LogP) is 2.47. The first-order chi connectivity index (χ1) is 6.68. The number of hydrogen-bond donors (Lipinski definition) is 1. The summed E-state index contributed by atoms with van der Waals surface area (Å²) in [6.07, 6.45) is 0. The van der Waals surface area contributed by atoms with E-state index in [2.05, 4.69) is 0 Å². The van der Waals surface area contributed by atoms with Crippen LogP contribution < -0.4 is 0 Å². The van der Waals surface area contributed by atoms with Gasteiger partial charge in [-0.15, -0.1) is 0 Å². The van der Waals surface area contributed by atoms with Crippen LogP contribution in [0.15, 0.2) is 36.4 Å². The van der Waals surface area contributed by atoms with E-state index in [0.29, 0.717) is 5.56 Å². The molecule has 1 N–H and O–H groups in total. The molecule has 0 spiro atoms. The summed E-state index contributed by atoms with van der Waals surface area (Å²) in [6, 6.07) is 11.1. The van der Waals surface area contributed by atoms with Crippen molar-refractivity contribution in [2.75, 3.05) is 0 Å². The Balaban J connectivity index is 0.00000112. The quantitative estimate of drug-likeness (QED) is 0.760. The van der Waals surface area contributed by atoms with Gasteiger partial charge in [0.25, 0.3) is 0 Å². The van der Waals surface area contributed by atoms with Crippen LogP contribution in [0.25, 0.3) is 10.8 Å². The zero-order chi connectivity index (χ0) is 10.1. The van der Waals surface area contributed by atoms with E-state index in [4.69, 9.17) is 5.11 Å². The van der Waals surface area contributed by atoms with Crippen LogP contribution in [0, 0.1) is 6.92 Å². The molecule has 3 heteroatoms. The third kappa shape index (κ3) is 2.37. The van der Waals surface area contributed by atoms with Gasteiger partial charge in [-0.05, 0) is 23.8 Å². The Kier molecular flexibility index (Phi) is 3.85. The van der Waals surface area contributed by atoms with Gasteiger partial charge in [0.05, 0.1) is 5.56 Å². The van der Waals surface area contributed by atoms with Gasteiger partial charge in [0.15, 0.2) is 0 Å². The Bertz CT molecular complexity index is 506. The standard InChI is InChI=1S/C12H10O2.Tl/c1-8-5-6-9-3-2-4-10(12(13)14)11(9)7-8;/h2-7H,1H3,(H,13,14);. The van der Waals surface area contributed by atoms with Crippen molar-refractivity contribution in [2.24, 2.45) is 0 Å². The summed E-state index contributed by atoms with van der Waals surface area (Å²) >= 11 is 0. The first-order valence-electron chi connectivity index (χ1n) is 4.41. The SMILES string of the molecule is Cc1ccc2cccc(C(=O)O)c2c1.[Tl]. The van der Waals surface area contributed by atoms with E-state index in [1.807, 2.05) is 31.2 Å². The van der Waals surface area contributed by atoms with E-state index >= 15 is 0 Å². The second-order valence-corrected chi connectivity index (χ2v) is 3.34.